The number of hydrogen-bond donors (Lipinski definition) is 0. The third-order valence-corrected chi connectivity index (χ3v) is 2.55. The van der Waals surface area contributed by atoms with E-state index in [0.717, 1.165) is 12.4 Å². The first-order valence-electron chi connectivity index (χ1n) is 5.90. The highest BCUT2D eigenvalue weighted by Gasteiger charge is 2.31. The fourth-order valence-corrected chi connectivity index (χ4v) is 1.75. The van der Waals surface area contributed by atoms with E-state index >= 15 is 0 Å². The molecule has 0 aromatic rings. The van der Waals surface area contributed by atoms with Crippen molar-refractivity contribution < 1.29 is 0 Å². The van der Waals surface area contributed by atoms with Gasteiger partial charge in [-0.05, 0) is 26.8 Å². The maximum atomic E-state index is 4.61. The predicted octanol–water partition coefficient (Wildman–Crippen LogP) is 3.62. The molecule has 0 fully saturated rings. The topological polar surface area (TPSA) is 15.6 Å². The quantitative estimate of drug-likeness (QED) is 0.609. The molecule has 16 heavy (non-hydrogen) atoms. The second-order valence-corrected chi connectivity index (χ2v) is 6.25. The summed E-state index contributed by atoms with van der Waals surface area (Å²) in [5, 5.41) is 0. The first kappa shape index (κ1) is 13.0. The lowest BCUT2D eigenvalue weighted by Gasteiger charge is -2.42. The summed E-state index contributed by atoms with van der Waals surface area (Å²) in [7, 11) is 0. The minimum atomic E-state index is 0.0722. The molecule has 1 aliphatic heterocycles. The maximum Gasteiger partial charge on any atom is 0.110 e. The molecule has 0 bridgehead atoms. The van der Waals surface area contributed by atoms with E-state index in [1.54, 1.807) is 0 Å². The van der Waals surface area contributed by atoms with E-state index in [1.807, 2.05) is 12.3 Å². The minimum Gasteiger partial charge on any atom is -0.351 e. The van der Waals surface area contributed by atoms with Gasteiger partial charge in [-0.2, -0.15) is 0 Å². The molecule has 0 N–H and O–H groups in total. The van der Waals surface area contributed by atoms with Gasteiger partial charge in [-0.3, -0.25) is 0 Å². The van der Waals surface area contributed by atoms with E-state index in [-0.39, 0.29) is 11.0 Å². The largest absolute Gasteiger partial charge is 0.351 e. The van der Waals surface area contributed by atoms with Gasteiger partial charge in [-0.15, -0.1) is 0 Å². The third kappa shape index (κ3) is 3.22. The Morgan fingerprint density at radius 2 is 1.69 bits per heavy atom. The highest BCUT2D eigenvalue weighted by atomic mass is 15.2. The summed E-state index contributed by atoms with van der Waals surface area (Å²) in [6.45, 7) is 14.2. The van der Waals surface area contributed by atoms with Crippen molar-refractivity contribution in [2.75, 3.05) is 6.54 Å². The van der Waals surface area contributed by atoms with Gasteiger partial charge in [0.1, 0.15) is 5.84 Å². The van der Waals surface area contributed by atoms with Crippen LogP contribution in [0.5, 0.6) is 0 Å². The Labute approximate surface area is 99.8 Å². The van der Waals surface area contributed by atoms with Gasteiger partial charge in [0.15, 0.2) is 0 Å². The number of amidine groups is 1. The first-order chi connectivity index (χ1) is 7.23. The van der Waals surface area contributed by atoms with Gasteiger partial charge in [0, 0.05) is 23.7 Å². The molecule has 0 amide bonds. The minimum absolute atomic E-state index is 0.0722. The molecule has 0 spiro atoms. The Morgan fingerprint density at radius 1 is 1.06 bits per heavy atom. The van der Waals surface area contributed by atoms with Crippen molar-refractivity contribution in [2.45, 2.75) is 47.1 Å². The highest BCUT2D eigenvalue weighted by Crippen LogP contribution is 2.26. The van der Waals surface area contributed by atoms with Crippen molar-refractivity contribution in [3.8, 4) is 0 Å². The predicted molar refractivity (Wildman–Crippen MR) is 71.6 cm³/mol. The van der Waals surface area contributed by atoms with E-state index in [1.165, 1.54) is 0 Å². The second kappa shape index (κ2) is 4.44. The summed E-state index contributed by atoms with van der Waals surface area (Å²) >= 11 is 0. The molecule has 0 aromatic carbocycles. The van der Waals surface area contributed by atoms with Crippen LogP contribution in [0.1, 0.15) is 41.5 Å². The van der Waals surface area contributed by atoms with Crippen molar-refractivity contribution in [3.05, 3.63) is 24.4 Å². The molecule has 0 saturated heterocycles. The van der Waals surface area contributed by atoms with E-state index in [9.17, 15) is 0 Å². The number of nitrogens with zero attached hydrogens (tertiary/aromatic N) is 2. The van der Waals surface area contributed by atoms with Gasteiger partial charge < -0.3 is 4.90 Å². The monoisotopic (exact) mass is 220 g/mol. The average molecular weight is 220 g/mol. The second-order valence-electron chi connectivity index (χ2n) is 6.25. The Hall–Kier alpha value is -1.05. The van der Waals surface area contributed by atoms with Crippen LogP contribution in [0.2, 0.25) is 0 Å². The average Bonchev–Trinajstić information content (AvgIpc) is 1.96. The summed E-state index contributed by atoms with van der Waals surface area (Å²) < 4.78 is 0. The van der Waals surface area contributed by atoms with Crippen molar-refractivity contribution in [3.63, 3.8) is 0 Å². The zero-order chi connectivity index (χ0) is 12.4. The molecular formula is C14H24N2. The van der Waals surface area contributed by atoms with E-state index in [2.05, 4.69) is 63.6 Å². The van der Waals surface area contributed by atoms with Crippen LogP contribution in [-0.2, 0) is 0 Å². The van der Waals surface area contributed by atoms with Gasteiger partial charge in [0.25, 0.3) is 0 Å². The molecule has 0 unspecified atom stereocenters. The molecular weight excluding hydrogens is 196 g/mol. The first-order valence-corrected chi connectivity index (χ1v) is 5.90. The molecule has 0 aliphatic carbocycles. The normalized spacial score (nSPS) is 22.1. The van der Waals surface area contributed by atoms with Crippen molar-refractivity contribution >= 4 is 5.84 Å². The van der Waals surface area contributed by atoms with Crippen molar-refractivity contribution in [1.29, 1.82) is 0 Å². The fraction of sp³-hybridized carbons (Fsp3) is 0.643. The number of allylic oxidation sites excluding steroid dienone is 2. The standard InChI is InChI=1S/C14H24N2/c1-13(2,3)12-15-10-8-7-9-11-16(12)14(4,5)6/h7-10H,11H2,1-6H3/b9-7-,10-8-,15-12?. The van der Waals surface area contributed by atoms with Crippen LogP contribution in [0.3, 0.4) is 0 Å². The molecule has 2 heteroatoms. The number of hydrogen-bond acceptors (Lipinski definition) is 2. The maximum absolute atomic E-state index is 4.61. The van der Waals surface area contributed by atoms with Gasteiger partial charge in [0.2, 0.25) is 0 Å². The zero-order valence-corrected chi connectivity index (χ0v) is 11.4. The zero-order valence-electron chi connectivity index (χ0n) is 11.4. The van der Waals surface area contributed by atoms with Crippen LogP contribution in [0.15, 0.2) is 29.4 Å². The summed E-state index contributed by atoms with van der Waals surface area (Å²) in [5.74, 6) is 1.15. The summed E-state index contributed by atoms with van der Waals surface area (Å²) in [6.07, 6.45) is 8.12. The van der Waals surface area contributed by atoms with Crippen LogP contribution in [-0.4, -0.2) is 22.8 Å². The van der Waals surface area contributed by atoms with Gasteiger partial charge >= 0.3 is 0 Å². The van der Waals surface area contributed by atoms with Crippen LogP contribution >= 0.6 is 0 Å². The molecule has 90 valence electrons. The molecule has 0 aromatic heterocycles. The lowest BCUT2D eigenvalue weighted by Crippen LogP contribution is -2.50. The van der Waals surface area contributed by atoms with Crippen LogP contribution in [0, 0.1) is 5.41 Å². The third-order valence-electron chi connectivity index (χ3n) is 2.55. The lowest BCUT2D eigenvalue weighted by molar-refractivity contribution is 0.236. The van der Waals surface area contributed by atoms with Gasteiger partial charge in [-0.1, -0.05) is 32.9 Å². The summed E-state index contributed by atoms with van der Waals surface area (Å²) in [6, 6.07) is 0. The molecule has 2 nitrogen and oxygen atoms in total. The van der Waals surface area contributed by atoms with Gasteiger partial charge in [0.05, 0.1) is 0 Å². The van der Waals surface area contributed by atoms with Crippen LogP contribution < -0.4 is 0 Å². The fourth-order valence-electron chi connectivity index (χ4n) is 1.75. The molecule has 1 aliphatic rings. The number of rotatable bonds is 0. The van der Waals surface area contributed by atoms with Gasteiger partial charge in [-0.25, -0.2) is 4.99 Å². The van der Waals surface area contributed by atoms with E-state index < -0.39 is 0 Å². The highest BCUT2D eigenvalue weighted by molar-refractivity contribution is 5.88. The molecule has 1 rings (SSSR count). The Balaban J connectivity index is 3.15. The summed E-state index contributed by atoms with van der Waals surface area (Å²) in [4.78, 5) is 6.98. The van der Waals surface area contributed by atoms with Crippen LogP contribution in [0.25, 0.3) is 0 Å². The molecule has 0 radical (unpaired) electrons. The molecule has 1 heterocycles. The lowest BCUT2D eigenvalue weighted by atomic mass is 9.90. The molecule has 0 atom stereocenters. The van der Waals surface area contributed by atoms with Crippen molar-refractivity contribution in [1.82, 2.24) is 4.90 Å². The van der Waals surface area contributed by atoms with E-state index in [0.29, 0.717) is 0 Å². The van der Waals surface area contributed by atoms with Crippen molar-refractivity contribution in [2.24, 2.45) is 10.4 Å². The number of aliphatic imine (C=N–C) groups is 1. The smallest absolute Gasteiger partial charge is 0.110 e. The Morgan fingerprint density at radius 3 is 2.19 bits per heavy atom. The van der Waals surface area contributed by atoms with Crippen LogP contribution in [0.4, 0.5) is 0 Å². The summed E-state index contributed by atoms with van der Waals surface area (Å²) in [5.41, 5.74) is 0.171. The van der Waals surface area contributed by atoms with E-state index in [4.69, 9.17) is 0 Å². The Kier molecular flexibility index (Phi) is 3.61. The SMILES string of the molecule is CC(C)(C)C1=N/C=C\C=C/CN1C(C)(C)C. The Bertz CT molecular complexity index is 322. The molecule has 0 saturated carbocycles.